The standard InChI is InChI=1S/C13H16N2O5/c16-12(17)8-2-1-5-9-14-13(18)10-6-3-4-7-11(10)15(19)20/h3-4,6-7H,1-2,5,8-9H2,(H,14,18)(H,16,17). The molecule has 0 saturated carbocycles. The lowest BCUT2D eigenvalue weighted by molar-refractivity contribution is -0.385. The molecule has 0 saturated heterocycles. The van der Waals surface area contributed by atoms with Crippen LogP contribution < -0.4 is 5.32 Å². The number of nitro benzene ring substituents is 1. The van der Waals surface area contributed by atoms with Crippen LogP contribution in [-0.4, -0.2) is 28.5 Å². The number of aliphatic carboxylic acids is 1. The minimum absolute atomic E-state index is 0.0306. The first-order valence-electron chi connectivity index (χ1n) is 6.26. The average molecular weight is 280 g/mol. The summed E-state index contributed by atoms with van der Waals surface area (Å²) >= 11 is 0. The molecule has 1 amide bonds. The summed E-state index contributed by atoms with van der Waals surface area (Å²) < 4.78 is 0. The Bertz CT molecular complexity index is 501. The minimum atomic E-state index is -0.839. The van der Waals surface area contributed by atoms with Crippen molar-refractivity contribution in [2.75, 3.05) is 6.54 Å². The van der Waals surface area contributed by atoms with Crippen molar-refractivity contribution in [2.24, 2.45) is 0 Å². The minimum Gasteiger partial charge on any atom is -0.481 e. The van der Waals surface area contributed by atoms with E-state index in [1.807, 2.05) is 0 Å². The van der Waals surface area contributed by atoms with E-state index in [2.05, 4.69) is 5.32 Å². The van der Waals surface area contributed by atoms with Gasteiger partial charge in [-0.25, -0.2) is 0 Å². The second-order valence-corrected chi connectivity index (χ2v) is 4.23. The number of amides is 1. The maximum absolute atomic E-state index is 11.8. The van der Waals surface area contributed by atoms with Crippen LogP contribution in [0.25, 0.3) is 0 Å². The van der Waals surface area contributed by atoms with E-state index in [0.717, 1.165) is 0 Å². The lowest BCUT2D eigenvalue weighted by atomic mass is 10.1. The van der Waals surface area contributed by atoms with Crippen molar-refractivity contribution < 1.29 is 19.6 Å². The normalized spacial score (nSPS) is 10.0. The van der Waals surface area contributed by atoms with E-state index in [0.29, 0.717) is 25.8 Å². The van der Waals surface area contributed by atoms with Gasteiger partial charge < -0.3 is 10.4 Å². The fourth-order valence-corrected chi connectivity index (χ4v) is 1.70. The number of hydrogen-bond donors (Lipinski definition) is 2. The van der Waals surface area contributed by atoms with Gasteiger partial charge in [-0.15, -0.1) is 0 Å². The Morgan fingerprint density at radius 3 is 2.55 bits per heavy atom. The number of benzene rings is 1. The number of hydrogen-bond acceptors (Lipinski definition) is 4. The van der Waals surface area contributed by atoms with Gasteiger partial charge in [0.1, 0.15) is 5.56 Å². The van der Waals surface area contributed by atoms with Crippen LogP contribution >= 0.6 is 0 Å². The molecule has 0 heterocycles. The number of unbranched alkanes of at least 4 members (excludes halogenated alkanes) is 2. The number of para-hydroxylation sites is 1. The zero-order chi connectivity index (χ0) is 15.0. The van der Waals surface area contributed by atoms with Crippen molar-refractivity contribution in [2.45, 2.75) is 25.7 Å². The van der Waals surface area contributed by atoms with Crippen LogP contribution in [0, 0.1) is 10.1 Å². The van der Waals surface area contributed by atoms with E-state index < -0.39 is 16.8 Å². The molecule has 7 nitrogen and oxygen atoms in total. The largest absolute Gasteiger partial charge is 0.481 e. The molecule has 1 aromatic rings. The molecule has 1 rings (SSSR count). The molecule has 0 fully saturated rings. The smallest absolute Gasteiger partial charge is 0.303 e. The first kappa shape index (κ1) is 15.6. The van der Waals surface area contributed by atoms with Crippen LogP contribution in [0.15, 0.2) is 24.3 Å². The molecule has 7 heteroatoms. The Labute approximate surface area is 115 Å². The van der Waals surface area contributed by atoms with E-state index in [-0.39, 0.29) is 17.7 Å². The monoisotopic (exact) mass is 280 g/mol. The molecule has 0 bridgehead atoms. The second kappa shape index (κ2) is 7.88. The molecule has 20 heavy (non-hydrogen) atoms. The maximum Gasteiger partial charge on any atom is 0.303 e. The molecule has 0 unspecified atom stereocenters. The molecule has 0 spiro atoms. The molecule has 0 radical (unpaired) electrons. The second-order valence-electron chi connectivity index (χ2n) is 4.23. The topological polar surface area (TPSA) is 110 Å². The molecule has 2 N–H and O–H groups in total. The van der Waals surface area contributed by atoms with E-state index in [1.54, 1.807) is 6.07 Å². The number of nitro groups is 1. The summed E-state index contributed by atoms with van der Waals surface area (Å²) in [6.45, 7) is 0.366. The highest BCUT2D eigenvalue weighted by Gasteiger charge is 2.18. The van der Waals surface area contributed by atoms with Crippen LogP contribution in [0.3, 0.4) is 0 Å². The highest BCUT2D eigenvalue weighted by atomic mass is 16.6. The van der Waals surface area contributed by atoms with Crippen molar-refractivity contribution in [3.63, 3.8) is 0 Å². The summed E-state index contributed by atoms with van der Waals surface area (Å²) in [5.41, 5.74) is -0.195. The van der Waals surface area contributed by atoms with Crippen molar-refractivity contribution in [3.8, 4) is 0 Å². The summed E-state index contributed by atoms with van der Waals surface area (Å²) in [5, 5.41) is 21.8. The molecule has 0 atom stereocenters. The first-order chi connectivity index (χ1) is 9.52. The van der Waals surface area contributed by atoms with E-state index in [9.17, 15) is 19.7 Å². The molecule has 0 aromatic heterocycles. The summed E-state index contributed by atoms with van der Waals surface area (Å²) in [7, 11) is 0. The SMILES string of the molecule is O=C(O)CCCCCNC(=O)c1ccccc1[N+](=O)[O-]. The summed E-state index contributed by atoms with van der Waals surface area (Å²) in [4.78, 5) is 32.3. The number of rotatable bonds is 8. The number of carboxylic acids is 1. The van der Waals surface area contributed by atoms with Crippen molar-refractivity contribution in [1.82, 2.24) is 5.32 Å². The van der Waals surface area contributed by atoms with Gasteiger partial charge in [-0.1, -0.05) is 18.6 Å². The van der Waals surface area contributed by atoms with Gasteiger partial charge in [0, 0.05) is 19.0 Å². The molecule has 0 aliphatic carbocycles. The number of nitrogens with one attached hydrogen (secondary N) is 1. The van der Waals surface area contributed by atoms with Crippen molar-refractivity contribution in [1.29, 1.82) is 0 Å². The van der Waals surface area contributed by atoms with Crippen LogP contribution in [0.4, 0.5) is 5.69 Å². The molecular weight excluding hydrogens is 264 g/mol. The Morgan fingerprint density at radius 2 is 1.90 bits per heavy atom. The third-order valence-corrected chi connectivity index (χ3v) is 2.70. The zero-order valence-corrected chi connectivity index (χ0v) is 10.9. The summed E-state index contributed by atoms with van der Waals surface area (Å²) in [5.74, 6) is -1.33. The first-order valence-corrected chi connectivity index (χ1v) is 6.26. The van der Waals surface area contributed by atoms with E-state index >= 15 is 0 Å². The molecule has 0 aliphatic rings. The zero-order valence-electron chi connectivity index (χ0n) is 10.9. The number of carbonyl (C=O) groups excluding carboxylic acids is 1. The van der Waals surface area contributed by atoms with Crippen LogP contribution in [0.2, 0.25) is 0 Å². The van der Waals surface area contributed by atoms with Gasteiger partial charge in [0.25, 0.3) is 11.6 Å². The Kier molecular flexibility index (Phi) is 6.15. The van der Waals surface area contributed by atoms with E-state index in [4.69, 9.17) is 5.11 Å². The fourth-order valence-electron chi connectivity index (χ4n) is 1.70. The van der Waals surface area contributed by atoms with Crippen LogP contribution in [0.1, 0.15) is 36.0 Å². The summed E-state index contributed by atoms with van der Waals surface area (Å²) in [6.07, 6.45) is 1.98. The van der Waals surface area contributed by atoms with Gasteiger partial charge >= 0.3 is 5.97 Å². The Morgan fingerprint density at radius 1 is 1.20 bits per heavy atom. The third kappa shape index (κ3) is 5.05. The van der Waals surface area contributed by atoms with E-state index in [1.165, 1.54) is 18.2 Å². The fraction of sp³-hybridized carbons (Fsp3) is 0.385. The third-order valence-electron chi connectivity index (χ3n) is 2.70. The summed E-state index contributed by atoms with van der Waals surface area (Å²) in [6, 6.07) is 5.75. The lowest BCUT2D eigenvalue weighted by Crippen LogP contribution is -2.25. The molecular formula is C13H16N2O5. The number of carboxylic acid groups (broad SMARTS) is 1. The van der Waals surface area contributed by atoms with Crippen LogP contribution in [-0.2, 0) is 4.79 Å². The quantitative estimate of drug-likeness (QED) is 0.430. The Balaban J connectivity index is 2.40. The van der Waals surface area contributed by atoms with Gasteiger partial charge in [-0.3, -0.25) is 19.7 Å². The highest BCUT2D eigenvalue weighted by Crippen LogP contribution is 2.17. The van der Waals surface area contributed by atoms with Crippen molar-refractivity contribution in [3.05, 3.63) is 39.9 Å². The highest BCUT2D eigenvalue weighted by molar-refractivity contribution is 5.98. The van der Waals surface area contributed by atoms with Gasteiger partial charge in [0.05, 0.1) is 4.92 Å². The van der Waals surface area contributed by atoms with Crippen molar-refractivity contribution >= 4 is 17.6 Å². The molecule has 1 aromatic carbocycles. The van der Waals surface area contributed by atoms with Gasteiger partial charge in [-0.2, -0.15) is 0 Å². The predicted octanol–water partition coefficient (Wildman–Crippen LogP) is 1.97. The van der Waals surface area contributed by atoms with Gasteiger partial charge in [0.15, 0.2) is 0 Å². The lowest BCUT2D eigenvalue weighted by Gasteiger charge is -2.05. The van der Waals surface area contributed by atoms with Gasteiger partial charge in [-0.05, 0) is 18.9 Å². The predicted molar refractivity (Wildman–Crippen MR) is 71.5 cm³/mol. The maximum atomic E-state index is 11.8. The molecule has 0 aliphatic heterocycles. The number of nitrogens with zero attached hydrogens (tertiary/aromatic N) is 1. The van der Waals surface area contributed by atoms with Gasteiger partial charge in [0.2, 0.25) is 0 Å². The van der Waals surface area contributed by atoms with Crippen LogP contribution in [0.5, 0.6) is 0 Å². The average Bonchev–Trinajstić information content (AvgIpc) is 2.42. The number of carbonyl (C=O) groups is 2. The Hall–Kier alpha value is -2.44. The molecule has 108 valence electrons.